The van der Waals surface area contributed by atoms with Crippen molar-refractivity contribution in [3.05, 3.63) is 64.8 Å². The highest BCUT2D eigenvalue weighted by molar-refractivity contribution is 8.13. The Morgan fingerprint density at radius 2 is 2.11 bits per heavy atom. The number of anilines is 1. The van der Waals surface area contributed by atoms with Crippen molar-refractivity contribution in [1.82, 2.24) is 0 Å². The van der Waals surface area contributed by atoms with Crippen LogP contribution in [0.3, 0.4) is 0 Å². The van der Waals surface area contributed by atoms with Crippen LogP contribution in [0.15, 0.2) is 52.8 Å². The van der Waals surface area contributed by atoms with Gasteiger partial charge in [-0.15, -0.1) is 11.3 Å². The quantitative estimate of drug-likeness (QED) is 0.654. The van der Waals surface area contributed by atoms with Crippen LogP contribution in [0.5, 0.6) is 0 Å². The lowest BCUT2D eigenvalue weighted by Gasteiger charge is -2.30. The normalized spacial score (nSPS) is 19.7. The van der Waals surface area contributed by atoms with Crippen LogP contribution in [0.2, 0.25) is 0 Å². The topological polar surface area (TPSA) is 67.5 Å². The summed E-state index contributed by atoms with van der Waals surface area (Å²) >= 11 is 3.10. The number of nitrogens with zero attached hydrogens (tertiary/aromatic N) is 1. The number of hydrogen-bond acceptors (Lipinski definition) is 5. The third kappa shape index (κ3) is 3.57. The number of amidine groups is 1. The lowest BCUT2D eigenvalue weighted by molar-refractivity contribution is 0.102. The molecule has 0 saturated carbocycles. The first kappa shape index (κ1) is 18.0. The summed E-state index contributed by atoms with van der Waals surface area (Å²) in [5, 5.41) is 6.35. The van der Waals surface area contributed by atoms with E-state index >= 15 is 0 Å². The van der Waals surface area contributed by atoms with E-state index in [9.17, 15) is 9.18 Å². The van der Waals surface area contributed by atoms with E-state index in [-0.39, 0.29) is 11.7 Å². The molecule has 0 bridgehead atoms. The third-order valence-electron chi connectivity index (χ3n) is 4.71. The van der Waals surface area contributed by atoms with E-state index in [1.165, 1.54) is 17.8 Å². The monoisotopic (exact) mass is 399 g/mol. The summed E-state index contributed by atoms with van der Waals surface area (Å²) in [6.45, 7) is 1.87. The average Bonchev–Trinajstić information content (AvgIpc) is 3.10. The zero-order valence-electron chi connectivity index (χ0n) is 14.7. The fraction of sp³-hybridized carbons (Fsp3) is 0.200. The first-order valence-corrected chi connectivity index (χ1v) is 10.4. The van der Waals surface area contributed by atoms with Crippen LogP contribution in [0.1, 0.15) is 29.3 Å². The van der Waals surface area contributed by atoms with E-state index < -0.39 is 5.54 Å². The van der Waals surface area contributed by atoms with E-state index in [2.05, 4.69) is 10.3 Å². The number of fused-ring (bicyclic) bond motifs is 1. The molecule has 3 aromatic rings. The summed E-state index contributed by atoms with van der Waals surface area (Å²) < 4.78 is 15.6. The number of halogens is 1. The highest BCUT2D eigenvalue weighted by atomic mass is 32.2. The number of benzene rings is 2. The molecule has 0 fully saturated rings. The Kier molecular flexibility index (Phi) is 4.65. The first-order chi connectivity index (χ1) is 12.9. The highest BCUT2D eigenvalue weighted by Gasteiger charge is 2.32. The maximum atomic E-state index is 14.5. The van der Waals surface area contributed by atoms with Crippen molar-refractivity contribution in [2.75, 3.05) is 11.1 Å². The Morgan fingerprint density at radius 3 is 2.93 bits per heavy atom. The van der Waals surface area contributed by atoms with Gasteiger partial charge in [0.2, 0.25) is 0 Å². The number of carbonyl (C=O) groups is 1. The molecule has 3 N–H and O–H groups in total. The fourth-order valence-corrected chi connectivity index (χ4v) is 4.95. The van der Waals surface area contributed by atoms with E-state index in [0.29, 0.717) is 28.4 Å². The largest absolute Gasteiger partial charge is 0.379 e. The van der Waals surface area contributed by atoms with Crippen molar-refractivity contribution in [3.8, 4) is 0 Å². The molecule has 1 aliphatic heterocycles. The molecule has 27 heavy (non-hydrogen) atoms. The Morgan fingerprint density at radius 1 is 1.26 bits per heavy atom. The number of amides is 1. The molecule has 1 aromatic heterocycles. The Bertz CT molecular complexity index is 1060. The summed E-state index contributed by atoms with van der Waals surface area (Å²) in [5.41, 5.74) is 6.67. The van der Waals surface area contributed by atoms with Gasteiger partial charge in [-0.05, 0) is 66.6 Å². The summed E-state index contributed by atoms with van der Waals surface area (Å²) in [4.78, 5) is 17.1. The van der Waals surface area contributed by atoms with Crippen LogP contribution in [0.4, 0.5) is 10.1 Å². The molecule has 1 amide bonds. The number of rotatable bonds is 3. The Hall–Kier alpha value is -2.38. The summed E-state index contributed by atoms with van der Waals surface area (Å²) in [6, 6.07) is 12.2. The molecule has 7 heteroatoms. The van der Waals surface area contributed by atoms with E-state index in [1.807, 2.05) is 30.5 Å². The molecule has 0 aliphatic carbocycles. The molecule has 4 rings (SSSR count). The first-order valence-electron chi connectivity index (χ1n) is 8.51. The minimum Gasteiger partial charge on any atom is -0.379 e. The third-order valence-corrected chi connectivity index (χ3v) is 6.41. The zero-order chi connectivity index (χ0) is 19.0. The molecule has 2 aromatic carbocycles. The maximum absolute atomic E-state index is 14.5. The minimum absolute atomic E-state index is 0.229. The van der Waals surface area contributed by atoms with E-state index in [4.69, 9.17) is 5.73 Å². The van der Waals surface area contributed by atoms with Crippen LogP contribution < -0.4 is 11.1 Å². The predicted molar refractivity (Wildman–Crippen MR) is 112 cm³/mol. The second-order valence-corrected chi connectivity index (χ2v) is 8.71. The summed E-state index contributed by atoms with van der Waals surface area (Å²) in [5.74, 6) is 0.203. The zero-order valence-corrected chi connectivity index (χ0v) is 16.3. The molecule has 1 atom stereocenters. The van der Waals surface area contributed by atoms with Crippen molar-refractivity contribution in [2.24, 2.45) is 10.7 Å². The van der Waals surface area contributed by atoms with E-state index in [0.717, 1.165) is 15.8 Å². The van der Waals surface area contributed by atoms with Gasteiger partial charge in [0.05, 0.1) is 5.54 Å². The standard InChI is InChI=1S/C20H18FN3OS2/c1-20(7-9-27-19(22)24-20)15-11-14(3-4-16(15)21)23-18(25)13-2-5-17-12(10-13)6-8-26-17/h2-6,8,10-11H,7,9H2,1H3,(H2,22,24)(H,23,25). The molecule has 1 unspecified atom stereocenters. The van der Waals surface area contributed by atoms with Crippen LogP contribution in [-0.4, -0.2) is 16.8 Å². The number of nitrogens with one attached hydrogen (secondary N) is 1. The van der Waals surface area contributed by atoms with Gasteiger partial charge < -0.3 is 11.1 Å². The van der Waals surface area contributed by atoms with Crippen molar-refractivity contribution >= 4 is 49.9 Å². The molecule has 4 nitrogen and oxygen atoms in total. The number of carbonyl (C=O) groups excluding carboxylic acids is 1. The van der Waals surface area contributed by atoms with Crippen LogP contribution in [0.25, 0.3) is 10.1 Å². The minimum atomic E-state index is -0.726. The highest BCUT2D eigenvalue weighted by Crippen LogP contribution is 2.37. The average molecular weight is 400 g/mol. The second-order valence-electron chi connectivity index (χ2n) is 6.64. The maximum Gasteiger partial charge on any atom is 0.255 e. The van der Waals surface area contributed by atoms with Crippen molar-refractivity contribution in [3.63, 3.8) is 0 Å². The molecular weight excluding hydrogens is 381 g/mol. The molecule has 138 valence electrons. The van der Waals surface area contributed by atoms with Crippen LogP contribution in [-0.2, 0) is 5.54 Å². The van der Waals surface area contributed by atoms with Gasteiger partial charge in [0.15, 0.2) is 5.17 Å². The molecule has 2 heterocycles. The number of thiophene rings is 1. The number of aliphatic imine (C=N–C) groups is 1. The van der Waals surface area contributed by atoms with Gasteiger partial charge >= 0.3 is 0 Å². The van der Waals surface area contributed by atoms with Crippen LogP contribution >= 0.6 is 23.1 Å². The van der Waals surface area contributed by atoms with Gasteiger partial charge in [0, 0.05) is 27.3 Å². The number of hydrogen-bond donors (Lipinski definition) is 2. The number of thioether (sulfide) groups is 1. The van der Waals surface area contributed by atoms with Gasteiger partial charge in [-0.1, -0.05) is 11.8 Å². The van der Waals surface area contributed by atoms with E-state index in [1.54, 1.807) is 29.5 Å². The van der Waals surface area contributed by atoms with Crippen LogP contribution in [0, 0.1) is 5.82 Å². The predicted octanol–water partition coefficient (Wildman–Crippen LogP) is 4.96. The van der Waals surface area contributed by atoms with Crippen molar-refractivity contribution in [1.29, 1.82) is 0 Å². The Labute approximate surface area is 164 Å². The van der Waals surface area contributed by atoms with Gasteiger partial charge in [-0.25, -0.2) is 4.39 Å². The lowest BCUT2D eigenvalue weighted by atomic mass is 9.89. The van der Waals surface area contributed by atoms with Gasteiger partial charge in [0.25, 0.3) is 5.91 Å². The second kappa shape index (κ2) is 6.98. The molecule has 0 saturated heterocycles. The molecular formula is C20H18FN3OS2. The van der Waals surface area contributed by atoms with Gasteiger partial charge in [-0.2, -0.15) is 0 Å². The van der Waals surface area contributed by atoms with Crippen molar-refractivity contribution < 1.29 is 9.18 Å². The van der Waals surface area contributed by atoms with Gasteiger partial charge in [0.1, 0.15) is 5.82 Å². The van der Waals surface area contributed by atoms with Gasteiger partial charge in [-0.3, -0.25) is 9.79 Å². The lowest BCUT2D eigenvalue weighted by Crippen LogP contribution is -2.29. The van der Waals surface area contributed by atoms with Crippen molar-refractivity contribution in [2.45, 2.75) is 18.9 Å². The molecule has 1 aliphatic rings. The smallest absolute Gasteiger partial charge is 0.255 e. The molecule has 0 radical (unpaired) electrons. The Balaban J connectivity index is 1.63. The SMILES string of the molecule is CC1(c2cc(NC(=O)c3ccc4sccc4c3)ccc2F)CCSC(N)=N1. The molecule has 0 spiro atoms. The fourth-order valence-electron chi connectivity index (χ4n) is 3.21. The summed E-state index contributed by atoms with van der Waals surface area (Å²) in [6.07, 6.45) is 0.682. The number of nitrogens with two attached hydrogens (primary N) is 1. The summed E-state index contributed by atoms with van der Waals surface area (Å²) in [7, 11) is 0.